The van der Waals surface area contributed by atoms with Gasteiger partial charge in [0.1, 0.15) is 0 Å². The summed E-state index contributed by atoms with van der Waals surface area (Å²) < 4.78 is 4.65. The van der Waals surface area contributed by atoms with E-state index in [0.29, 0.717) is 43.1 Å². The van der Waals surface area contributed by atoms with Gasteiger partial charge in [-0.05, 0) is 18.2 Å². The van der Waals surface area contributed by atoms with Crippen molar-refractivity contribution >= 4 is 23.4 Å². The maximum atomic E-state index is 12.3. The molecule has 0 unspecified atom stereocenters. The summed E-state index contributed by atoms with van der Waals surface area (Å²) in [6, 6.07) is 4.84. The second-order valence-electron chi connectivity index (χ2n) is 4.60. The summed E-state index contributed by atoms with van der Waals surface area (Å²) in [5, 5.41) is 0. The number of rotatable bonds is 1. The fraction of sp³-hybridized carbons (Fsp3) is 0.385. The summed E-state index contributed by atoms with van der Waals surface area (Å²) in [6.07, 6.45) is -0.371. The molecule has 1 saturated heterocycles. The first-order valence-electron chi connectivity index (χ1n) is 6.30. The first-order chi connectivity index (χ1) is 9.52. The van der Waals surface area contributed by atoms with Gasteiger partial charge >= 0.3 is 6.09 Å². The fourth-order valence-electron chi connectivity index (χ4n) is 2.17. The van der Waals surface area contributed by atoms with E-state index in [9.17, 15) is 9.59 Å². The van der Waals surface area contributed by atoms with Gasteiger partial charge in [0.25, 0.3) is 5.91 Å². The lowest BCUT2D eigenvalue weighted by atomic mass is 10.1. The second-order valence-corrected chi connectivity index (χ2v) is 4.60. The molecule has 1 heterocycles. The first kappa shape index (κ1) is 14.0. The number of nitrogens with two attached hydrogens (primary N) is 2. The molecule has 2 rings (SSSR count). The first-order valence-corrected chi connectivity index (χ1v) is 6.30. The van der Waals surface area contributed by atoms with Crippen LogP contribution in [0.5, 0.6) is 0 Å². The summed E-state index contributed by atoms with van der Waals surface area (Å²) in [6.45, 7) is 1.82. The number of carbonyl (C=O) groups is 2. The zero-order valence-electron chi connectivity index (χ0n) is 11.3. The average molecular weight is 278 g/mol. The molecule has 1 fully saturated rings. The monoisotopic (exact) mass is 278 g/mol. The zero-order valence-corrected chi connectivity index (χ0v) is 11.3. The summed E-state index contributed by atoms with van der Waals surface area (Å²) in [5.41, 5.74) is 12.7. The standard InChI is InChI=1S/C13H18N4O3/c1-20-13(19)17-6-4-16(5-7-17)12(18)10-3-2-9(14)8-11(10)15/h2-3,8H,4-7,14-15H2,1H3. The third kappa shape index (κ3) is 2.76. The van der Waals surface area contributed by atoms with E-state index < -0.39 is 0 Å². The Kier molecular flexibility index (Phi) is 3.97. The smallest absolute Gasteiger partial charge is 0.409 e. The van der Waals surface area contributed by atoms with Crippen LogP contribution in [-0.2, 0) is 4.74 Å². The number of nitrogen functional groups attached to an aromatic ring is 2. The molecule has 1 aliphatic rings. The molecule has 0 aromatic heterocycles. The molecule has 108 valence electrons. The number of nitrogens with zero attached hydrogens (tertiary/aromatic N) is 2. The Morgan fingerprint density at radius 2 is 1.70 bits per heavy atom. The van der Waals surface area contributed by atoms with Gasteiger partial charge in [0.15, 0.2) is 0 Å². The van der Waals surface area contributed by atoms with Gasteiger partial charge in [-0.25, -0.2) is 4.79 Å². The minimum Gasteiger partial charge on any atom is -0.453 e. The Balaban J connectivity index is 2.03. The molecule has 7 heteroatoms. The van der Waals surface area contributed by atoms with Crippen molar-refractivity contribution in [2.24, 2.45) is 0 Å². The topological polar surface area (TPSA) is 102 Å². The molecule has 1 aromatic carbocycles. The van der Waals surface area contributed by atoms with E-state index in [0.717, 1.165) is 0 Å². The highest BCUT2D eigenvalue weighted by Crippen LogP contribution is 2.18. The molecule has 0 aliphatic carbocycles. The maximum absolute atomic E-state index is 12.3. The van der Waals surface area contributed by atoms with Crippen molar-refractivity contribution in [3.8, 4) is 0 Å². The lowest BCUT2D eigenvalue weighted by Crippen LogP contribution is -2.50. The number of piperazine rings is 1. The molecule has 7 nitrogen and oxygen atoms in total. The van der Waals surface area contributed by atoms with Gasteiger partial charge in [-0.15, -0.1) is 0 Å². The van der Waals surface area contributed by atoms with Crippen LogP contribution in [0.25, 0.3) is 0 Å². The quantitative estimate of drug-likeness (QED) is 0.723. The van der Waals surface area contributed by atoms with Crippen LogP contribution in [-0.4, -0.2) is 55.1 Å². The van der Waals surface area contributed by atoms with Gasteiger partial charge in [0, 0.05) is 37.6 Å². The number of anilines is 2. The van der Waals surface area contributed by atoms with Crippen molar-refractivity contribution in [1.82, 2.24) is 9.80 Å². The highest BCUT2D eigenvalue weighted by molar-refractivity contribution is 5.99. The van der Waals surface area contributed by atoms with Crippen LogP contribution < -0.4 is 11.5 Å². The molecule has 0 spiro atoms. The third-order valence-electron chi connectivity index (χ3n) is 3.31. The number of hydrogen-bond donors (Lipinski definition) is 2. The molecular formula is C13H18N4O3. The van der Waals surface area contributed by atoms with Gasteiger partial charge < -0.3 is 26.0 Å². The third-order valence-corrected chi connectivity index (χ3v) is 3.31. The van der Waals surface area contributed by atoms with Gasteiger partial charge in [0.2, 0.25) is 0 Å². The minimum atomic E-state index is -0.371. The van der Waals surface area contributed by atoms with E-state index in [2.05, 4.69) is 4.74 Å². The van der Waals surface area contributed by atoms with Crippen LogP contribution in [0.15, 0.2) is 18.2 Å². The number of ether oxygens (including phenoxy) is 1. The van der Waals surface area contributed by atoms with Crippen molar-refractivity contribution < 1.29 is 14.3 Å². The maximum Gasteiger partial charge on any atom is 0.409 e. The van der Waals surface area contributed by atoms with Crippen molar-refractivity contribution in [3.05, 3.63) is 23.8 Å². The van der Waals surface area contributed by atoms with E-state index in [1.54, 1.807) is 28.0 Å². The molecule has 20 heavy (non-hydrogen) atoms. The molecular weight excluding hydrogens is 260 g/mol. The van der Waals surface area contributed by atoms with E-state index in [1.807, 2.05) is 0 Å². The number of amides is 2. The van der Waals surface area contributed by atoms with Gasteiger partial charge in [-0.2, -0.15) is 0 Å². The average Bonchev–Trinajstić information content (AvgIpc) is 2.46. The molecule has 2 amide bonds. The second kappa shape index (κ2) is 5.68. The van der Waals surface area contributed by atoms with Crippen LogP contribution in [0.3, 0.4) is 0 Å². The summed E-state index contributed by atoms with van der Waals surface area (Å²) >= 11 is 0. The van der Waals surface area contributed by atoms with E-state index >= 15 is 0 Å². The molecule has 0 bridgehead atoms. The number of benzene rings is 1. The SMILES string of the molecule is COC(=O)N1CCN(C(=O)c2ccc(N)cc2N)CC1. The van der Waals surface area contributed by atoms with Crippen LogP contribution >= 0.6 is 0 Å². The Morgan fingerprint density at radius 1 is 1.10 bits per heavy atom. The Labute approximate surface area is 117 Å². The van der Waals surface area contributed by atoms with Gasteiger partial charge in [0.05, 0.1) is 12.7 Å². The van der Waals surface area contributed by atoms with Crippen molar-refractivity contribution in [2.75, 3.05) is 44.8 Å². The summed E-state index contributed by atoms with van der Waals surface area (Å²) in [4.78, 5) is 27.0. The predicted molar refractivity (Wildman–Crippen MR) is 75.1 cm³/mol. The zero-order chi connectivity index (χ0) is 14.7. The lowest BCUT2D eigenvalue weighted by Gasteiger charge is -2.34. The number of carbonyl (C=O) groups excluding carboxylic acids is 2. The molecule has 0 radical (unpaired) electrons. The number of hydrogen-bond acceptors (Lipinski definition) is 5. The van der Waals surface area contributed by atoms with Crippen molar-refractivity contribution in [1.29, 1.82) is 0 Å². The normalized spacial score (nSPS) is 15.1. The largest absolute Gasteiger partial charge is 0.453 e. The van der Waals surface area contributed by atoms with Crippen LogP contribution in [0.2, 0.25) is 0 Å². The van der Waals surface area contributed by atoms with Crippen LogP contribution in [0.1, 0.15) is 10.4 Å². The Morgan fingerprint density at radius 3 is 2.25 bits per heavy atom. The summed E-state index contributed by atoms with van der Waals surface area (Å²) in [7, 11) is 1.34. The molecule has 0 saturated carbocycles. The molecule has 1 aromatic rings. The Hall–Kier alpha value is -2.44. The van der Waals surface area contributed by atoms with Gasteiger partial charge in [-0.3, -0.25) is 4.79 Å². The van der Waals surface area contributed by atoms with E-state index in [1.165, 1.54) is 7.11 Å². The Bertz CT molecular complexity index is 524. The fourth-order valence-corrected chi connectivity index (χ4v) is 2.17. The van der Waals surface area contributed by atoms with Crippen LogP contribution in [0, 0.1) is 0 Å². The number of methoxy groups -OCH3 is 1. The van der Waals surface area contributed by atoms with Gasteiger partial charge in [-0.1, -0.05) is 0 Å². The highest BCUT2D eigenvalue weighted by Gasteiger charge is 2.26. The van der Waals surface area contributed by atoms with Crippen LogP contribution in [0.4, 0.5) is 16.2 Å². The highest BCUT2D eigenvalue weighted by atomic mass is 16.5. The lowest BCUT2D eigenvalue weighted by molar-refractivity contribution is 0.0600. The van der Waals surface area contributed by atoms with Crippen molar-refractivity contribution in [2.45, 2.75) is 0 Å². The van der Waals surface area contributed by atoms with Crippen molar-refractivity contribution in [3.63, 3.8) is 0 Å². The van der Waals surface area contributed by atoms with E-state index in [4.69, 9.17) is 11.5 Å². The predicted octanol–water partition coefficient (Wildman–Crippen LogP) is 0.375. The molecule has 0 atom stereocenters. The van der Waals surface area contributed by atoms with E-state index in [-0.39, 0.29) is 12.0 Å². The summed E-state index contributed by atoms with van der Waals surface area (Å²) in [5.74, 6) is -0.146. The molecule has 4 N–H and O–H groups in total. The minimum absolute atomic E-state index is 0.146. The molecule has 1 aliphatic heterocycles.